The van der Waals surface area contributed by atoms with Gasteiger partial charge in [0.1, 0.15) is 5.75 Å². The van der Waals surface area contributed by atoms with E-state index in [0.29, 0.717) is 5.56 Å². The molecular weight excluding hydrogens is 178 g/mol. The van der Waals surface area contributed by atoms with Crippen LogP contribution in [0.15, 0.2) is 24.3 Å². The average molecular weight is 191 g/mol. The number of nitrogens with zero attached hydrogens (tertiary/aromatic N) is 1. The molecule has 0 aromatic heterocycles. The van der Waals surface area contributed by atoms with Gasteiger partial charge in [-0.2, -0.15) is 5.26 Å². The zero-order valence-corrected chi connectivity index (χ0v) is 8.27. The second kappa shape index (κ2) is 4.64. The van der Waals surface area contributed by atoms with Gasteiger partial charge < -0.3 is 9.84 Å². The Kier molecular flexibility index (Phi) is 3.49. The van der Waals surface area contributed by atoms with Crippen molar-refractivity contribution >= 4 is 0 Å². The molecule has 1 rings (SSSR count). The van der Waals surface area contributed by atoms with Gasteiger partial charge in [-0.05, 0) is 31.5 Å². The van der Waals surface area contributed by atoms with E-state index in [0.717, 1.165) is 5.75 Å². The molecule has 0 aliphatic carbocycles. The van der Waals surface area contributed by atoms with Crippen molar-refractivity contribution in [3.8, 4) is 11.8 Å². The number of nitriles is 1. The van der Waals surface area contributed by atoms with E-state index in [4.69, 9.17) is 10.00 Å². The fourth-order valence-electron chi connectivity index (χ4n) is 1.08. The molecule has 0 amide bonds. The van der Waals surface area contributed by atoms with Gasteiger partial charge in [-0.25, -0.2) is 0 Å². The van der Waals surface area contributed by atoms with Gasteiger partial charge in [0.25, 0.3) is 0 Å². The Morgan fingerprint density at radius 1 is 1.29 bits per heavy atom. The SMILES string of the molecule is CC(C)Oc1ccc(C(O)C#N)cc1. The molecule has 0 heterocycles. The summed E-state index contributed by atoms with van der Waals surface area (Å²) in [6.45, 7) is 3.88. The quantitative estimate of drug-likeness (QED) is 0.744. The normalized spacial score (nSPS) is 12.2. The first kappa shape index (κ1) is 10.6. The second-order valence-corrected chi connectivity index (χ2v) is 3.27. The first-order valence-corrected chi connectivity index (χ1v) is 4.48. The molecule has 1 unspecified atom stereocenters. The number of ether oxygens (including phenoxy) is 1. The van der Waals surface area contributed by atoms with E-state index >= 15 is 0 Å². The molecule has 0 aliphatic heterocycles. The summed E-state index contributed by atoms with van der Waals surface area (Å²) < 4.78 is 5.42. The topological polar surface area (TPSA) is 53.2 Å². The number of rotatable bonds is 3. The fraction of sp³-hybridized carbons (Fsp3) is 0.364. The zero-order chi connectivity index (χ0) is 10.6. The molecule has 0 fully saturated rings. The molecule has 0 spiro atoms. The van der Waals surface area contributed by atoms with Crippen molar-refractivity contribution in [2.24, 2.45) is 0 Å². The lowest BCUT2D eigenvalue weighted by Crippen LogP contribution is -2.05. The third kappa shape index (κ3) is 2.75. The monoisotopic (exact) mass is 191 g/mol. The molecule has 74 valence electrons. The third-order valence-electron chi connectivity index (χ3n) is 1.69. The highest BCUT2D eigenvalue weighted by Crippen LogP contribution is 2.17. The summed E-state index contributed by atoms with van der Waals surface area (Å²) >= 11 is 0. The minimum Gasteiger partial charge on any atom is -0.491 e. The Morgan fingerprint density at radius 2 is 1.86 bits per heavy atom. The lowest BCUT2D eigenvalue weighted by atomic mass is 10.1. The van der Waals surface area contributed by atoms with Crippen molar-refractivity contribution in [1.29, 1.82) is 5.26 Å². The van der Waals surface area contributed by atoms with Crippen molar-refractivity contribution in [2.45, 2.75) is 26.1 Å². The minimum atomic E-state index is -1.05. The molecule has 14 heavy (non-hydrogen) atoms. The number of benzene rings is 1. The number of aliphatic hydroxyl groups excluding tert-OH is 1. The maximum Gasteiger partial charge on any atom is 0.165 e. The number of hydrogen-bond acceptors (Lipinski definition) is 3. The molecule has 3 heteroatoms. The van der Waals surface area contributed by atoms with Crippen LogP contribution in [0.4, 0.5) is 0 Å². The molecule has 3 nitrogen and oxygen atoms in total. The largest absolute Gasteiger partial charge is 0.491 e. The Bertz CT molecular complexity index is 324. The van der Waals surface area contributed by atoms with Gasteiger partial charge in [0.15, 0.2) is 6.10 Å². The summed E-state index contributed by atoms with van der Waals surface area (Å²) in [5.41, 5.74) is 0.587. The molecule has 0 radical (unpaired) electrons. The van der Waals surface area contributed by atoms with Crippen LogP contribution in [0.3, 0.4) is 0 Å². The van der Waals surface area contributed by atoms with Gasteiger partial charge in [-0.15, -0.1) is 0 Å². The van der Waals surface area contributed by atoms with Crippen molar-refractivity contribution in [3.63, 3.8) is 0 Å². The van der Waals surface area contributed by atoms with E-state index in [1.54, 1.807) is 30.3 Å². The van der Waals surface area contributed by atoms with Crippen LogP contribution in [0.5, 0.6) is 5.75 Å². The van der Waals surface area contributed by atoms with Crippen LogP contribution >= 0.6 is 0 Å². The van der Waals surface area contributed by atoms with Crippen LogP contribution in [0, 0.1) is 11.3 Å². The predicted molar refractivity (Wildman–Crippen MR) is 52.8 cm³/mol. The van der Waals surface area contributed by atoms with Gasteiger partial charge in [0.05, 0.1) is 12.2 Å². The first-order chi connectivity index (χ1) is 6.63. The van der Waals surface area contributed by atoms with E-state index in [1.807, 2.05) is 13.8 Å². The van der Waals surface area contributed by atoms with Crippen LogP contribution < -0.4 is 4.74 Å². The molecule has 1 aromatic carbocycles. The first-order valence-electron chi connectivity index (χ1n) is 4.48. The Hall–Kier alpha value is -1.53. The van der Waals surface area contributed by atoms with Crippen molar-refractivity contribution in [2.75, 3.05) is 0 Å². The Morgan fingerprint density at radius 3 is 2.29 bits per heavy atom. The van der Waals surface area contributed by atoms with Gasteiger partial charge in [0, 0.05) is 0 Å². The molecule has 1 aromatic rings. The highest BCUT2D eigenvalue weighted by molar-refractivity contribution is 5.30. The van der Waals surface area contributed by atoms with Crippen LogP contribution in [-0.2, 0) is 0 Å². The third-order valence-corrected chi connectivity index (χ3v) is 1.69. The molecule has 1 atom stereocenters. The van der Waals surface area contributed by atoms with Crippen LogP contribution in [0.25, 0.3) is 0 Å². The van der Waals surface area contributed by atoms with Crippen LogP contribution in [0.1, 0.15) is 25.5 Å². The number of hydrogen-bond donors (Lipinski definition) is 1. The van der Waals surface area contributed by atoms with Crippen LogP contribution in [0.2, 0.25) is 0 Å². The molecular formula is C11H13NO2. The summed E-state index contributed by atoms with van der Waals surface area (Å²) in [4.78, 5) is 0. The highest BCUT2D eigenvalue weighted by Gasteiger charge is 2.05. The Balaban J connectivity index is 2.74. The van der Waals surface area contributed by atoms with E-state index in [2.05, 4.69) is 0 Å². The van der Waals surface area contributed by atoms with E-state index in [1.165, 1.54) is 0 Å². The molecule has 1 N–H and O–H groups in total. The smallest absolute Gasteiger partial charge is 0.165 e. The summed E-state index contributed by atoms with van der Waals surface area (Å²) in [7, 11) is 0. The average Bonchev–Trinajstić information content (AvgIpc) is 2.17. The number of aliphatic hydroxyl groups is 1. The van der Waals surface area contributed by atoms with Crippen molar-refractivity contribution < 1.29 is 9.84 Å². The minimum absolute atomic E-state index is 0.127. The lowest BCUT2D eigenvalue weighted by Gasteiger charge is -2.10. The summed E-state index contributed by atoms with van der Waals surface area (Å²) in [6, 6.07) is 8.62. The fourth-order valence-corrected chi connectivity index (χ4v) is 1.08. The highest BCUT2D eigenvalue weighted by atomic mass is 16.5. The molecule has 0 saturated carbocycles. The van der Waals surface area contributed by atoms with Gasteiger partial charge in [0.2, 0.25) is 0 Å². The molecule has 0 saturated heterocycles. The lowest BCUT2D eigenvalue weighted by molar-refractivity contribution is 0.233. The van der Waals surface area contributed by atoms with Gasteiger partial charge >= 0.3 is 0 Å². The molecule has 0 aliphatic rings. The van der Waals surface area contributed by atoms with Crippen LogP contribution in [-0.4, -0.2) is 11.2 Å². The second-order valence-electron chi connectivity index (χ2n) is 3.27. The Labute approximate surface area is 83.6 Å². The van der Waals surface area contributed by atoms with E-state index in [-0.39, 0.29) is 6.10 Å². The van der Waals surface area contributed by atoms with E-state index in [9.17, 15) is 5.11 Å². The van der Waals surface area contributed by atoms with Crippen molar-refractivity contribution in [3.05, 3.63) is 29.8 Å². The summed E-state index contributed by atoms with van der Waals surface area (Å²) in [6.07, 6.45) is -0.926. The zero-order valence-electron chi connectivity index (χ0n) is 8.27. The van der Waals surface area contributed by atoms with Crippen molar-refractivity contribution in [1.82, 2.24) is 0 Å². The van der Waals surface area contributed by atoms with Gasteiger partial charge in [-0.1, -0.05) is 12.1 Å². The summed E-state index contributed by atoms with van der Waals surface area (Å²) in [5, 5.41) is 17.7. The molecule has 0 bridgehead atoms. The summed E-state index contributed by atoms with van der Waals surface area (Å²) in [5.74, 6) is 0.744. The van der Waals surface area contributed by atoms with Gasteiger partial charge in [-0.3, -0.25) is 0 Å². The maximum absolute atomic E-state index is 9.20. The maximum atomic E-state index is 9.20. The standard InChI is InChI=1S/C11H13NO2/c1-8(2)14-10-5-3-9(4-6-10)11(13)7-12/h3-6,8,11,13H,1-2H3. The van der Waals surface area contributed by atoms with E-state index < -0.39 is 6.10 Å². The predicted octanol–water partition coefficient (Wildman–Crippen LogP) is 2.03.